The Morgan fingerprint density at radius 3 is 2.67 bits per heavy atom. The molecule has 0 radical (unpaired) electrons. The maximum absolute atomic E-state index is 12.3. The molecule has 7 nitrogen and oxygen atoms in total. The number of rotatable bonds is 4. The molecule has 0 saturated carbocycles. The predicted octanol–water partition coefficient (Wildman–Crippen LogP) is 1.69. The van der Waals surface area contributed by atoms with Gasteiger partial charge in [-0.1, -0.05) is 0 Å². The Bertz CT molecular complexity index is 907. The first-order chi connectivity index (χ1) is 11.7. The molecule has 3 heterocycles. The monoisotopic (exact) mass is 325 g/mol. The van der Waals surface area contributed by atoms with Crippen LogP contribution in [0.1, 0.15) is 18.5 Å². The van der Waals surface area contributed by atoms with Gasteiger partial charge in [-0.3, -0.25) is 9.69 Å². The second kappa shape index (κ2) is 6.09. The number of nitrogens with zero attached hydrogens (tertiary/aromatic N) is 4. The number of benzene rings is 1. The summed E-state index contributed by atoms with van der Waals surface area (Å²) < 4.78 is 6.47. The van der Waals surface area contributed by atoms with Crippen molar-refractivity contribution in [2.24, 2.45) is 0 Å². The first-order valence-electron chi connectivity index (χ1n) is 8.09. The van der Waals surface area contributed by atoms with Crippen molar-refractivity contribution in [3.8, 4) is 17.1 Å². The van der Waals surface area contributed by atoms with E-state index in [1.54, 1.807) is 13.2 Å². The van der Waals surface area contributed by atoms with E-state index in [9.17, 15) is 4.79 Å². The fourth-order valence-electron chi connectivity index (χ4n) is 3.07. The van der Waals surface area contributed by atoms with E-state index >= 15 is 0 Å². The Morgan fingerprint density at radius 1 is 1.21 bits per heavy atom. The summed E-state index contributed by atoms with van der Waals surface area (Å²) in [6, 6.07) is 9.06. The zero-order valence-electron chi connectivity index (χ0n) is 13.5. The van der Waals surface area contributed by atoms with Gasteiger partial charge in [0.25, 0.3) is 5.56 Å². The van der Waals surface area contributed by atoms with Crippen molar-refractivity contribution in [2.75, 3.05) is 20.2 Å². The summed E-state index contributed by atoms with van der Waals surface area (Å²) in [5, 5.41) is 4.32. The lowest BCUT2D eigenvalue weighted by molar-refractivity contribution is 0.327. The van der Waals surface area contributed by atoms with Gasteiger partial charge in [0.15, 0.2) is 5.82 Å². The second-order valence-electron chi connectivity index (χ2n) is 6.02. The zero-order valence-corrected chi connectivity index (χ0v) is 13.5. The predicted molar refractivity (Wildman–Crippen MR) is 90.1 cm³/mol. The number of fused-ring (bicyclic) bond motifs is 1. The molecule has 0 spiro atoms. The highest BCUT2D eigenvalue weighted by Crippen LogP contribution is 2.19. The Morgan fingerprint density at radius 2 is 1.96 bits per heavy atom. The van der Waals surface area contributed by atoms with Crippen LogP contribution in [-0.4, -0.2) is 44.7 Å². The van der Waals surface area contributed by atoms with E-state index in [0.29, 0.717) is 11.6 Å². The number of hydrogen-bond donors (Lipinski definition) is 1. The number of aromatic nitrogens is 4. The van der Waals surface area contributed by atoms with Crippen LogP contribution in [0.4, 0.5) is 0 Å². The van der Waals surface area contributed by atoms with Gasteiger partial charge in [0.1, 0.15) is 5.75 Å². The van der Waals surface area contributed by atoms with Crippen LogP contribution < -0.4 is 10.3 Å². The molecule has 0 atom stereocenters. The first-order valence-corrected chi connectivity index (χ1v) is 8.09. The third kappa shape index (κ3) is 2.78. The quantitative estimate of drug-likeness (QED) is 0.790. The maximum atomic E-state index is 12.3. The lowest BCUT2D eigenvalue weighted by Crippen LogP contribution is -2.22. The Balaban J connectivity index is 1.68. The molecule has 1 N–H and O–H groups in total. The Kier molecular flexibility index (Phi) is 3.78. The van der Waals surface area contributed by atoms with Gasteiger partial charge in [0, 0.05) is 23.9 Å². The molecule has 3 aromatic rings. The van der Waals surface area contributed by atoms with Crippen molar-refractivity contribution in [3.63, 3.8) is 0 Å². The molecule has 1 saturated heterocycles. The minimum absolute atomic E-state index is 0.162. The minimum atomic E-state index is -0.162. The molecule has 1 fully saturated rings. The number of nitrogens with one attached hydrogen (secondary N) is 1. The van der Waals surface area contributed by atoms with Gasteiger partial charge in [-0.25, -0.2) is 0 Å². The van der Waals surface area contributed by atoms with Crippen LogP contribution in [0.15, 0.2) is 35.1 Å². The van der Waals surface area contributed by atoms with Gasteiger partial charge in [-0.2, -0.15) is 9.50 Å². The maximum Gasteiger partial charge on any atom is 0.275 e. The molecule has 1 aliphatic rings. The Labute approximate surface area is 138 Å². The van der Waals surface area contributed by atoms with E-state index in [-0.39, 0.29) is 5.56 Å². The average molecular weight is 325 g/mol. The van der Waals surface area contributed by atoms with Crippen molar-refractivity contribution < 1.29 is 4.74 Å². The topological polar surface area (TPSA) is 75.5 Å². The standard InChI is InChI=1S/C17H19N5O2/c1-24-14-6-4-12(5-7-14)16-19-17-18-13(10-15(23)22(17)20-16)11-21-8-2-3-9-21/h4-7,10H,2-3,8-9,11H2,1H3,(H,18,19,20). The minimum Gasteiger partial charge on any atom is -0.497 e. The third-order valence-corrected chi connectivity index (χ3v) is 4.33. The summed E-state index contributed by atoms with van der Waals surface area (Å²) in [7, 11) is 1.62. The van der Waals surface area contributed by atoms with Crippen LogP contribution >= 0.6 is 0 Å². The molecule has 7 heteroatoms. The van der Waals surface area contributed by atoms with E-state index in [0.717, 1.165) is 36.6 Å². The van der Waals surface area contributed by atoms with Crippen molar-refractivity contribution in [3.05, 3.63) is 46.4 Å². The molecule has 2 aromatic heterocycles. The molecule has 0 amide bonds. The van der Waals surface area contributed by atoms with E-state index in [1.807, 2.05) is 24.3 Å². The molecule has 0 aliphatic carbocycles. The van der Waals surface area contributed by atoms with Crippen molar-refractivity contribution in [2.45, 2.75) is 19.4 Å². The fraction of sp³-hybridized carbons (Fsp3) is 0.353. The highest BCUT2D eigenvalue weighted by molar-refractivity contribution is 5.58. The second-order valence-corrected chi connectivity index (χ2v) is 6.02. The third-order valence-electron chi connectivity index (χ3n) is 4.33. The number of ether oxygens (including phenoxy) is 1. The molecule has 1 aliphatic heterocycles. The van der Waals surface area contributed by atoms with Crippen LogP contribution in [0.3, 0.4) is 0 Å². The summed E-state index contributed by atoms with van der Waals surface area (Å²) in [5.41, 5.74) is 1.56. The molecule has 124 valence electrons. The highest BCUT2D eigenvalue weighted by atomic mass is 16.5. The zero-order chi connectivity index (χ0) is 16.5. The molecular weight excluding hydrogens is 306 g/mol. The molecule has 0 bridgehead atoms. The fourth-order valence-corrected chi connectivity index (χ4v) is 3.07. The first kappa shape index (κ1) is 14.9. The van der Waals surface area contributed by atoms with E-state index in [2.05, 4.69) is 20.0 Å². The van der Waals surface area contributed by atoms with Crippen LogP contribution in [0, 0.1) is 0 Å². The SMILES string of the molecule is COc1ccc(-c2nc3[nH]c(CN4CCCC4)cc(=O)n3n2)cc1. The van der Waals surface area contributed by atoms with Crippen LogP contribution in [0.25, 0.3) is 17.2 Å². The van der Waals surface area contributed by atoms with Crippen LogP contribution in [0.5, 0.6) is 5.75 Å². The summed E-state index contributed by atoms with van der Waals surface area (Å²) in [6.07, 6.45) is 2.44. The number of hydrogen-bond acceptors (Lipinski definition) is 5. The largest absolute Gasteiger partial charge is 0.497 e. The molecule has 24 heavy (non-hydrogen) atoms. The number of likely N-dealkylation sites (tertiary alicyclic amines) is 1. The summed E-state index contributed by atoms with van der Waals surface area (Å²) in [6.45, 7) is 2.91. The van der Waals surface area contributed by atoms with E-state index in [4.69, 9.17) is 4.74 Å². The van der Waals surface area contributed by atoms with Gasteiger partial charge < -0.3 is 9.72 Å². The Hall–Kier alpha value is -2.67. The summed E-state index contributed by atoms with van der Waals surface area (Å²) >= 11 is 0. The number of aromatic amines is 1. The van der Waals surface area contributed by atoms with Crippen molar-refractivity contribution >= 4 is 5.78 Å². The number of H-pyrrole nitrogens is 1. The normalized spacial score (nSPS) is 15.2. The summed E-state index contributed by atoms with van der Waals surface area (Å²) in [5.74, 6) is 1.76. The van der Waals surface area contributed by atoms with Gasteiger partial charge >= 0.3 is 0 Å². The van der Waals surface area contributed by atoms with Crippen LogP contribution in [0.2, 0.25) is 0 Å². The van der Waals surface area contributed by atoms with Gasteiger partial charge in [0.2, 0.25) is 5.78 Å². The number of methoxy groups -OCH3 is 1. The lowest BCUT2D eigenvalue weighted by atomic mass is 10.2. The van der Waals surface area contributed by atoms with Crippen molar-refractivity contribution in [1.29, 1.82) is 0 Å². The summed E-state index contributed by atoms with van der Waals surface area (Å²) in [4.78, 5) is 22.4. The van der Waals surface area contributed by atoms with E-state index in [1.165, 1.54) is 17.4 Å². The molecule has 0 unspecified atom stereocenters. The van der Waals surface area contributed by atoms with Gasteiger partial charge in [-0.05, 0) is 50.2 Å². The highest BCUT2D eigenvalue weighted by Gasteiger charge is 2.14. The average Bonchev–Trinajstić information content (AvgIpc) is 3.25. The van der Waals surface area contributed by atoms with Gasteiger partial charge in [0.05, 0.1) is 7.11 Å². The van der Waals surface area contributed by atoms with Gasteiger partial charge in [-0.15, -0.1) is 5.10 Å². The van der Waals surface area contributed by atoms with E-state index < -0.39 is 0 Å². The molecule has 1 aromatic carbocycles. The van der Waals surface area contributed by atoms with Crippen molar-refractivity contribution in [1.82, 2.24) is 24.5 Å². The lowest BCUT2D eigenvalue weighted by Gasteiger charge is -2.13. The van der Waals surface area contributed by atoms with Crippen LogP contribution in [-0.2, 0) is 6.54 Å². The molecular formula is C17H19N5O2. The molecule has 4 rings (SSSR count). The smallest absolute Gasteiger partial charge is 0.275 e.